The largest absolute Gasteiger partial charge is 0.399 e. The van der Waals surface area contributed by atoms with Crippen LogP contribution in [0.25, 0.3) is 11.1 Å². The Morgan fingerprint density at radius 3 is 3.07 bits per heavy atom. The van der Waals surface area contributed by atoms with E-state index < -0.39 is 0 Å². The molecule has 0 unspecified atom stereocenters. The minimum atomic E-state index is 0.843. The van der Waals surface area contributed by atoms with Crippen molar-refractivity contribution in [1.82, 2.24) is 10.2 Å². The fraction of sp³-hybridized carbons (Fsp3) is 0.182. The molecule has 0 spiro atoms. The summed E-state index contributed by atoms with van der Waals surface area (Å²) in [5.41, 5.74) is 11.7. The van der Waals surface area contributed by atoms with Gasteiger partial charge in [0.25, 0.3) is 0 Å². The molecule has 3 heteroatoms. The molecule has 0 saturated heterocycles. The van der Waals surface area contributed by atoms with Crippen LogP contribution < -0.4 is 5.73 Å². The van der Waals surface area contributed by atoms with E-state index in [-0.39, 0.29) is 0 Å². The number of H-pyrrole nitrogens is 1. The minimum Gasteiger partial charge on any atom is -0.399 e. The van der Waals surface area contributed by atoms with Crippen molar-refractivity contribution in [1.29, 1.82) is 0 Å². The molecule has 2 aromatic rings. The quantitative estimate of drug-likeness (QED) is 0.614. The third kappa shape index (κ3) is 0.954. The van der Waals surface area contributed by atoms with Crippen LogP contribution in [-0.2, 0) is 12.8 Å². The van der Waals surface area contributed by atoms with E-state index in [0.29, 0.717) is 0 Å². The van der Waals surface area contributed by atoms with Gasteiger partial charge in [0, 0.05) is 16.9 Å². The molecule has 0 aliphatic heterocycles. The maximum absolute atomic E-state index is 5.75. The average Bonchev–Trinajstić information content (AvgIpc) is 2.65. The molecule has 0 atom stereocenters. The van der Waals surface area contributed by atoms with E-state index in [1.165, 1.54) is 22.4 Å². The van der Waals surface area contributed by atoms with E-state index in [2.05, 4.69) is 22.3 Å². The molecule has 1 aromatic heterocycles. The number of hydrogen-bond donors (Lipinski definition) is 2. The van der Waals surface area contributed by atoms with Crippen LogP contribution >= 0.6 is 0 Å². The summed E-state index contributed by atoms with van der Waals surface area (Å²) in [6.45, 7) is 0. The molecule has 1 aliphatic carbocycles. The van der Waals surface area contributed by atoms with E-state index in [1.807, 2.05) is 12.3 Å². The molecule has 3 nitrogen and oxygen atoms in total. The number of aromatic nitrogens is 2. The van der Waals surface area contributed by atoms with Gasteiger partial charge in [-0.2, -0.15) is 5.10 Å². The summed E-state index contributed by atoms with van der Waals surface area (Å²) in [6.07, 6.45) is 3.98. The molecular formula is C11H11N3. The maximum atomic E-state index is 5.75. The molecule has 0 amide bonds. The summed E-state index contributed by atoms with van der Waals surface area (Å²) in [5.74, 6) is 0. The summed E-state index contributed by atoms with van der Waals surface area (Å²) in [4.78, 5) is 0. The van der Waals surface area contributed by atoms with Crippen LogP contribution in [0.5, 0.6) is 0 Å². The van der Waals surface area contributed by atoms with Crippen molar-refractivity contribution < 1.29 is 0 Å². The zero-order valence-corrected chi connectivity index (χ0v) is 7.75. The highest BCUT2D eigenvalue weighted by Crippen LogP contribution is 2.32. The first-order chi connectivity index (χ1) is 6.84. The summed E-state index contributed by atoms with van der Waals surface area (Å²) >= 11 is 0. The highest BCUT2D eigenvalue weighted by molar-refractivity contribution is 5.73. The Labute approximate surface area is 81.9 Å². The molecular weight excluding hydrogens is 174 g/mol. The number of nitrogen functional groups attached to an aromatic ring is 1. The number of nitrogens with zero attached hydrogens (tertiary/aromatic N) is 1. The minimum absolute atomic E-state index is 0.843. The Morgan fingerprint density at radius 1 is 1.21 bits per heavy atom. The Balaban J connectivity index is 2.26. The number of anilines is 1. The second-order valence-corrected chi connectivity index (χ2v) is 3.68. The topological polar surface area (TPSA) is 54.7 Å². The normalized spacial score (nSPS) is 13.4. The van der Waals surface area contributed by atoms with Gasteiger partial charge in [-0.25, -0.2) is 0 Å². The first kappa shape index (κ1) is 7.62. The van der Waals surface area contributed by atoms with E-state index in [4.69, 9.17) is 5.73 Å². The smallest absolute Gasteiger partial charge is 0.0568 e. The van der Waals surface area contributed by atoms with E-state index in [9.17, 15) is 0 Å². The van der Waals surface area contributed by atoms with Gasteiger partial charge < -0.3 is 5.73 Å². The Hall–Kier alpha value is -1.77. The fourth-order valence-electron chi connectivity index (χ4n) is 2.08. The van der Waals surface area contributed by atoms with Crippen LogP contribution in [0.1, 0.15) is 11.3 Å². The van der Waals surface area contributed by atoms with Gasteiger partial charge in [0.05, 0.1) is 6.20 Å². The lowest BCUT2D eigenvalue weighted by Gasteiger charge is -2.15. The summed E-state index contributed by atoms with van der Waals surface area (Å²) in [5, 5.41) is 7.10. The first-order valence-corrected chi connectivity index (χ1v) is 4.75. The van der Waals surface area contributed by atoms with Crippen LogP contribution in [0.3, 0.4) is 0 Å². The molecule has 0 radical (unpaired) electrons. The molecule has 3 N–H and O–H groups in total. The second kappa shape index (κ2) is 2.61. The molecule has 0 bridgehead atoms. The highest BCUT2D eigenvalue weighted by Gasteiger charge is 2.17. The second-order valence-electron chi connectivity index (χ2n) is 3.68. The number of fused-ring (bicyclic) bond motifs is 3. The van der Waals surface area contributed by atoms with Crippen molar-refractivity contribution in [2.45, 2.75) is 12.8 Å². The van der Waals surface area contributed by atoms with E-state index in [1.54, 1.807) is 0 Å². The van der Waals surface area contributed by atoms with Crippen LogP contribution in [-0.4, -0.2) is 10.2 Å². The Kier molecular flexibility index (Phi) is 1.42. The first-order valence-electron chi connectivity index (χ1n) is 4.75. The van der Waals surface area contributed by atoms with Crippen molar-refractivity contribution in [2.75, 3.05) is 5.73 Å². The molecule has 3 rings (SSSR count). The van der Waals surface area contributed by atoms with Crippen molar-refractivity contribution in [3.63, 3.8) is 0 Å². The Morgan fingerprint density at radius 2 is 2.14 bits per heavy atom. The van der Waals surface area contributed by atoms with Gasteiger partial charge in [0.1, 0.15) is 0 Å². The van der Waals surface area contributed by atoms with Crippen molar-refractivity contribution in [3.8, 4) is 11.1 Å². The molecule has 14 heavy (non-hydrogen) atoms. The van der Waals surface area contributed by atoms with Gasteiger partial charge in [0.2, 0.25) is 0 Å². The number of aromatic amines is 1. The SMILES string of the molecule is Nc1ccc2c(c1)CCc1[nH]ncc1-2. The molecule has 1 aromatic carbocycles. The lowest BCUT2D eigenvalue weighted by molar-refractivity contribution is 0.882. The van der Waals surface area contributed by atoms with Gasteiger partial charge in [-0.3, -0.25) is 5.10 Å². The predicted molar refractivity (Wildman–Crippen MR) is 55.8 cm³/mol. The van der Waals surface area contributed by atoms with E-state index in [0.717, 1.165) is 18.5 Å². The number of aryl methyl sites for hydroxylation is 2. The van der Waals surface area contributed by atoms with Crippen molar-refractivity contribution >= 4 is 5.69 Å². The van der Waals surface area contributed by atoms with Gasteiger partial charge in [-0.1, -0.05) is 6.07 Å². The molecule has 70 valence electrons. The standard InChI is InChI=1S/C11H11N3/c12-8-2-3-9-7(5-8)1-4-11-10(9)6-13-14-11/h2-3,5-6H,1,4,12H2,(H,13,14). The van der Waals surface area contributed by atoms with Crippen molar-refractivity contribution in [3.05, 3.63) is 35.7 Å². The zero-order valence-electron chi connectivity index (χ0n) is 7.75. The monoisotopic (exact) mass is 185 g/mol. The number of hydrogen-bond acceptors (Lipinski definition) is 2. The summed E-state index contributed by atoms with van der Waals surface area (Å²) in [7, 11) is 0. The highest BCUT2D eigenvalue weighted by atomic mass is 15.1. The van der Waals surface area contributed by atoms with Crippen molar-refractivity contribution in [2.24, 2.45) is 0 Å². The molecule has 1 aliphatic rings. The van der Waals surface area contributed by atoms with Gasteiger partial charge in [-0.15, -0.1) is 0 Å². The predicted octanol–water partition coefficient (Wildman–Crippen LogP) is 1.76. The van der Waals surface area contributed by atoms with Crippen LogP contribution in [0.15, 0.2) is 24.4 Å². The zero-order chi connectivity index (χ0) is 9.54. The lowest BCUT2D eigenvalue weighted by Crippen LogP contribution is -2.03. The maximum Gasteiger partial charge on any atom is 0.0568 e. The molecule has 0 fully saturated rings. The Bertz CT molecular complexity index is 485. The molecule has 1 heterocycles. The lowest BCUT2D eigenvalue weighted by atomic mass is 9.90. The van der Waals surface area contributed by atoms with Crippen LogP contribution in [0.2, 0.25) is 0 Å². The van der Waals surface area contributed by atoms with Gasteiger partial charge in [-0.05, 0) is 36.1 Å². The number of benzene rings is 1. The number of nitrogens with two attached hydrogens (primary N) is 1. The average molecular weight is 185 g/mol. The van der Waals surface area contributed by atoms with Crippen LogP contribution in [0, 0.1) is 0 Å². The number of nitrogens with one attached hydrogen (secondary N) is 1. The molecule has 0 saturated carbocycles. The van der Waals surface area contributed by atoms with Crippen LogP contribution in [0.4, 0.5) is 5.69 Å². The summed E-state index contributed by atoms with van der Waals surface area (Å²) in [6, 6.07) is 6.09. The summed E-state index contributed by atoms with van der Waals surface area (Å²) < 4.78 is 0. The fourth-order valence-corrected chi connectivity index (χ4v) is 2.08. The van der Waals surface area contributed by atoms with E-state index >= 15 is 0 Å². The van der Waals surface area contributed by atoms with Gasteiger partial charge in [0.15, 0.2) is 0 Å². The third-order valence-electron chi connectivity index (χ3n) is 2.78. The number of rotatable bonds is 0. The van der Waals surface area contributed by atoms with Gasteiger partial charge >= 0.3 is 0 Å². The third-order valence-corrected chi connectivity index (χ3v) is 2.78.